The van der Waals surface area contributed by atoms with Crippen molar-refractivity contribution >= 4 is 15.9 Å². The van der Waals surface area contributed by atoms with Crippen LogP contribution in [-0.4, -0.2) is 12.6 Å². The first kappa shape index (κ1) is 13.6. The average molecular weight is 326 g/mol. The monoisotopic (exact) mass is 325 g/mol. The van der Waals surface area contributed by atoms with Crippen molar-refractivity contribution in [1.82, 2.24) is 5.32 Å². The molecule has 0 amide bonds. The van der Waals surface area contributed by atoms with Gasteiger partial charge in [-0.05, 0) is 67.3 Å². The molecule has 1 aromatic rings. The number of nitrogens with one attached hydrogen (secondary N) is 1. The molecule has 0 heterocycles. The smallest absolute Gasteiger partial charge is 0.123 e. The summed E-state index contributed by atoms with van der Waals surface area (Å²) in [5.74, 6) is 2.57. The molecular weight excluding hydrogens is 305 g/mol. The van der Waals surface area contributed by atoms with E-state index >= 15 is 0 Å². The number of hydrogen-bond donors (Lipinski definition) is 1. The number of rotatable bonds is 5. The Morgan fingerprint density at radius 1 is 1.37 bits per heavy atom. The fourth-order valence-corrected chi connectivity index (χ4v) is 4.43. The van der Waals surface area contributed by atoms with Crippen LogP contribution >= 0.6 is 15.9 Å². The van der Waals surface area contributed by atoms with Crippen molar-refractivity contribution in [2.24, 2.45) is 17.8 Å². The highest BCUT2D eigenvalue weighted by atomic mass is 79.9. The van der Waals surface area contributed by atoms with Gasteiger partial charge in [-0.1, -0.05) is 29.3 Å². The van der Waals surface area contributed by atoms with Gasteiger partial charge < -0.3 is 5.32 Å². The zero-order chi connectivity index (χ0) is 13.4. The lowest BCUT2D eigenvalue weighted by Gasteiger charge is -2.20. The van der Waals surface area contributed by atoms with E-state index in [1.165, 1.54) is 25.3 Å². The summed E-state index contributed by atoms with van der Waals surface area (Å²) in [4.78, 5) is 0. The largest absolute Gasteiger partial charge is 0.314 e. The van der Waals surface area contributed by atoms with E-state index in [2.05, 4.69) is 28.2 Å². The van der Waals surface area contributed by atoms with Gasteiger partial charge in [-0.15, -0.1) is 0 Å². The van der Waals surface area contributed by atoms with Crippen LogP contribution < -0.4 is 5.32 Å². The molecule has 3 heteroatoms. The van der Waals surface area contributed by atoms with Gasteiger partial charge in [-0.2, -0.15) is 0 Å². The maximum Gasteiger partial charge on any atom is 0.123 e. The summed E-state index contributed by atoms with van der Waals surface area (Å²) in [5.41, 5.74) is 1.09. The maximum absolute atomic E-state index is 13.4. The summed E-state index contributed by atoms with van der Waals surface area (Å²) in [6.45, 7) is 3.15. The third-order valence-electron chi connectivity index (χ3n) is 4.85. The molecule has 2 aliphatic carbocycles. The number of halogens is 2. The van der Waals surface area contributed by atoms with Gasteiger partial charge in [0.1, 0.15) is 5.82 Å². The first-order valence-corrected chi connectivity index (χ1v) is 8.17. The van der Waals surface area contributed by atoms with Gasteiger partial charge in [-0.3, -0.25) is 0 Å². The fraction of sp³-hybridized carbons (Fsp3) is 0.625. The Balaban J connectivity index is 1.72. The third-order valence-corrected chi connectivity index (χ3v) is 5.62. The van der Waals surface area contributed by atoms with Crippen LogP contribution in [-0.2, 0) is 6.42 Å². The van der Waals surface area contributed by atoms with Gasteiger partial charge in [0.05, 0.1) is 0 Å². The van der Waals surface area contributed by atoms with Gasteiger partial charge in [0, 0.05) is 10.5 Å². The van der Waals surface area contributed by atoms with Crippen LogP contribution in [0.2, 0.25) is 0 Å². The van der Waals surface area contributed by atoms with E-state index in [0.717, 1.165) is 40.8 Å². The van der Waals surface area contributed by atoms with Crippen molar-refractivity contribution in [1.29, 1.82) is 0 Å². The van der Waals surface area contributed by atoms with Gasteiger partial charge in [0.25, 0.3) is 0 Å². The molecule has 0 aromatic heterocycles. The number of likely N-dealkylation sites (N-methyl/N-ethyl adjacent to an activating group) is 1. The molecule has 0 aliphatic heterocycles. The van der Waals surface area contributed by atoms with Crippen LogP contribution in [0.15, 0.2) is 22.7 Å². The molecule has 2 fully saturated rings. The first-order chi connectivity index (χ1) is 9.20. The quantitative estimate of drug-likeness (QED) is 0.857. The van der Waals surface area contributed by atoms with E-state index in [4.69, 9.17) is 0 Å². The Bertz CT molecular complexity index is 452. The van der Waals surface area contributed by atoms with Crippen molar-refractivity contribution in [2.75, 3.05) is 6.54 Å². The van der Waals surface area contributed by atoms with Gasteiger partial charge in [0.15, 0.2) is 0 Å². The zero-order valence-corrected chi connectivity index (χ0v) is 12.9. The van der Waals surface area contributed by atoms with E-state index in [1.54, 1.807) is 6.07 Å². The molecule has 1 N–H and O–H groups in total. The van der Waals surface area contributed by atoms with E-state index in [-0.39, 0.29) is 5.82 Å². The molecule has 0 radical (unpaired) electrons. The Kier molecular flexibility index (Phi) is 3.95. The minimum atomic E-state index is -0.135. The Morgan fingerprint density at radius 3 is 2.79 bits per heavy atom. The summed E-state index contributed by atoms with van der Waals surface area (Å²) < 4.78 is 14.4. The highest BCUT2D eigenvalue weighted by molar-refractivity contribution is 9.10. The predicted molar refractivity (Wildman–Crippen MR) is 79.6 cm³/mol. The van der Waals surface area contributed by atoms with E-state index in [9.17, 15) is 4.39 Å². The summed E-state index contributed by atoms with van der Waals surface area (Å²) in [6.07, 6.45) is 5.15. The third kappa shape index (κ3) is 2.73. The lowest BCUT2D eigenvalue weighted by Crippen LogP contribution is -2.34. The van der Waals surface area contributed by atoms with Crippen molar-refractivity contribution in [3.05, 3.63) is 34.1 Å². The molecule has 104 valence electrons. The van der Waals surface area contributed by atoms with Crippen LogP contribution in [0.4, 0.5) is 4.39 Å². The highest BCUT2D eigenvalue weighted by Gasteiger charge is 2.55. The molecule has 3 unspecified atom stereocenters. The molecule has 19 heavy (non-hydrogen) atoms. The van der Waals surface area contributed by atoms with Crippen LogP contribution in [0.3, 0.4) is 0 Å². The maximum atomic E-state index is 13.4. The fourth-order valence-electron chi connectivity index (χ4n) is 4.02. The Morgan fingerprint density at radius 2 is 2.11 bits per heavy atom. The van der Waals surface area contributed by atoms with Crippen molar-refractivity contribution < 1.29 is 4.39 Å². The van der Waals surface area contributed by atoms with Crippen molar-refractivity contribution in [3.8, 4) is 0 Å². The molecule has 0 spiro atoms. The molecule has 2 aliphatic rings. The summed E-state index contributed by atoms with van der Waals surface area (Å²) >= 11 is 3.55. The van der Waals surface area contributed by atoms with Crippen LogP contribution in [0.5, 0.6) is 0 Å². The minimum Gasteiger partial charge on any atom is -0.314 e. The van der Waals surface area contributed by atoms with Crippen LogP contribution in [0.1, 0.15) is 31.7 Å². The average Bonchev–Trinajstić information content (AvgIpc) is 2.86. The normalized spacial score (nSPS) is 30.2. The van der Waals surface area contributed by atoms with E-state index < -0.39 is 0 Å². The van der Waals surface area contributed by atoms with E-state index in [0.29, 0.717) is 6.04 Å². The molecule has 0 bridgehead atoms. The minimum absolute atomic E-state index is 0.135. The Hall–Kier alpha value is -0.410. The molecule has 3 rings (SSSR count). The standard InChI is InChI=1S/C16H21BrFN/c1-2-19-15(16-12-4-3-5-13(12)16)9-10-8-11(18)6-7-14(10)17/h6-8,12-13,15-16,19H,2-5,9H2,1H3. The molecule has 3 atom stereocenters. The molecule has 1 nitrogen and oxygen atoms in total. The molecule has 1 aromatic carbocycles. The zero-order valence-electron chi connectivity index (χ0n) is 11.3. The number of benzene rings is 1. The van der Waals surface area contributed by atoms with Crippen molar-refractivity contribution in [3.63, 3.8) is 0 Å². The predicted octanol–water partition coefficient (Wildman–Crippen LogP) is 4.15. The topological polar surface area (TPSA) is 12.0 Å². The van der Waals surface area contributed by atoms with Gasteiger partial charge in [-0.25, -0.2) is 4.39 Å². The summed E-state index contributed by atoms with van der Waals surface area (Å²) in [6, 6.07) is 5.52. The van der Waals surface area contributed by atoms with Crippen LogP contribution in [0, 0.1) is 23.6 Å². The van der Waals surface area contributed by atoms with Crippen LogP contribution in [0.25, 0.3) is 0 Å². The second-order valence-electron chi connectivity index (χ2n) is 5.94. The lowest BCUT2D eigenvalue weighted by atomic mass is 9.97. The van der Waals surface area contributed by atoms with Gasteiger partial charge in [0.2, 0.25) is 0 Å². The number of fused-ring (bicyclic) bond motifs is 1. The van der Waals surface area contributed by atoms with Crippen molar-refractivity contribution in [2.45, 2.75) is 38.6 Å². The molecule has 0 saturated heterocycles. The second kappa shape index (κ2) is 5.53. The number of hydrogen-bond acceptors (Lipinski definition) is 1. The summed E-state index contributed by atoms with van der Waals surface area (Å²) in [5, 5.41) is 3.63. The molecule has 2 saturated carbocycles. The highest BCUT2D eigenvalue weighted by Crippen LogP contribution is 2.59. The Labute approximate surface area is 123 Å². The first-order valence-electron chi connectivity index (χ1n) is 7.38. The molecular formula is C16H21BrFN. The lowest BCUT2D eigenvalue weighted by molar-refractivity contribution is 0.410. The van der Waals surface area contributed by atoms with E-state index in [1.807, 2.05) is 6.07 Å². The SMILES string of the molecule is CCNC(Cc1cc(F)ccc1Br)C1C2CCCC21. The second-order valence-corrected chi connectivity index (χ2v) is 6.79. The summed E-state index contributed by atoms with van der Waals surface area (Å²) in [7, 11) is 0. The van der Waals surface area contributed by atoms with Gasteiger partial charge >= 0.3 is 0 Å².